The number of hydrogen-bond donors (Lipinski definition) is 1. The maximum atomic E-state index is 10.4. The van der Waals surface area contributed by atoms with Crippen molar-refractivity contribution in [1.82, 2.24) is 0 Å². The van der Waals surface area contributed by atoms with Crippen molar-refractivity contribution in [2.75, 3.05) is 0 Å². The summed E-state index contributed by atoms with van der Waals surface area (Å²) in [7, 11) is 0. The van der Waals surface area contributed by atoms with Crippen LogP contribution in [0.25, 0.3) is 0 Å². The molecular formula is C9H12N2O2. The van der Waals surface area contributed by atoms with Gasteiger partial charge < -0.3 is 5.41 Å². The molecule has 4 nitrogen and oxygen atoms in total. The summed E-state index contributed by atoms with van der Waals surface area (Å²) in [5.41, 5.74) is 1.58. The summed E-state index contributed by atoms with van der Waals surface area (Å²) in [6, 6.07) is -0.574. The number of allylic oxidation sites excluding steroid dienone is 2. The monoisotopic (exact) mass is 180 g/mol. The summed E-state index contributed by atoms with van der Waals surface area (Å²) < 4.78 is 0. The zero-order valence-corrected chi connectivity index (χ0v) is 7.49. The average Bonchev–Trinajstić information content (AvgIpc) is 2.04. The van der Waals surface area contributed by atoms with Crippen molar-refractivity contribution >= 4 is 5.71 Å². The predicted molar refractivity (Wildman–Crippen MR) is 50.6 cm³/mol. The van der Waals surface area contributed by atoms with Gasteiger partial charge >= 0.3 is 0 Å². The van der Waals surface area contributed by atoms with Crippen molar-refractivity contribution in [2.45, 2.75) is 25.8 Å². The van der Waals surface area contributed by atoms with Crippen LogP contribution in [0.4, 0.5) is 0 Å². The Hall–Kier alpha value is -1.45. The Morgan fingerprint density at radius 3 is 2.92 bits per heavy atom. The molecule has 0 spiro atoms. The van der Waals surface area contributed by atoms with E-state index in [0.717, 1.165) is 5.57 Å². The van der Waals surface area contributed by atoms with Gasteiger partial charge in [0.25, 0.3) is 0 Å². The lowest BCUT2D eigenvalue weighted by atomic mass is 10.00. The lowest BCUT2D eigenvalue weighted by molar-refractivity contribution is -0.508. The second-order valence-corrected chi connectivity index (χ2v) is 3.18. The first-order valence-corrected chi connectivity index (χ1v) is 4.14. The summed E-state index contributed by atoms with van der Waals surface area (Å²) in [5, 5.41) is 17.6. The molecule has 1 N–H and O–H groups in total. The molecule has 1 unspecified atom stereocenters. The van der Waals surface area contributed by atoms with Crippen LogP contribution in [-0.2, 0) is 0 Å². The summed E-state index contributed by atoms with van der Waals surface area (Å²) in [4.78, 5) is 10.1. The molecule has 0 radical (unpaired) electrons. The number of nitrogens with zero attached hydrogens (tertiary/aromatic N) is 1. The molecule has 0 heterocycles. The van der Waals surface area contributed by atoms with Crippen LogP contribution in [0.3, 0.4) is 0 Å². The Balaban J connectivity index is 2.55. The minimum Gasteiger partial charge on any atom is -0.310 e. The maximum Gasteiger partial charge on any atom is 0.235 e. The van der Waals surface area contributed by atoms with Crippen LogP contribution in [0.5, 0.6) is 0 Å². The second kappa shape index (κ2) is 3.98. The smallest absolute Gasteiger partial charge is 0.235 e. The second-order valence-electron chi connectivity index (χ2n) is 3.18. The van der Waals surface area contributed by atoms with E-state index < -0.39 is 6.04 Å². The van der Waals surface area contributed by atoms with E-state index in [1.807, 2.05) is 6.08 Å². The van der Waals surface area contributed by atoms with Crippen LogP contribution in [0.2, 0.25) is 0 Å². The van der Waals surface area contributed by atoms with E-state index in [2.05, 4.69) is 0 Å². The third-order valence-electron chi connectivity index (χ3n) is 1.89. The van der Waals surface area contributed by atoms with Crippen molar-refractivity contribution in [3.8, 4) is 0 Å². The molecule has 1 rings (SSSR count). The van der Waals surface area contributed by atoms with E-state index in [9.17, 15) is 10.1 Å². The van der Waals surface area contributed by atoms with E-state index in [-0.39, 0.29) is 4.92 Å². The molecule has 0 aromatic rings. The molecule has 1 atom stereocenters. The molecular weight excluding hydrogens is 168 g/mol. The van der Waals surface area contributed by atoms with Gasteiger partial charge in [-0.3, -0.25) is 10.1 Å². The summed E-state index contributed by atoms with van der Waals surface area (Å²) in [5.74, 6) is 0. The highest BCUT2D eigenvalue weighted by Gasteiger charge is 2.17. The molecule has 0 aromatic heterocycles. The maximum absolute atomic E-state index is 10.4. The molecule has 0 amide bonds. The van der Waals surface area contributed by atoms with Crippen molar-refractivity contribution in [2.24, 2.45) is 0 Å². The molecule has 0 bridgehead atoms. The Labute approximate surface area is 76.6 Å². The number of nitro groups is 1. The highest BCUT2D eigenvalue weighted by Crippen LogP contribution is 2.15. The number of rotatable bonds is 3. The topological polar surface area (TPSA) is 67.0 Å². The molecule has 4 heteroatoms. The molecule has 0 aromatic carbocycles. The summed E-state index contributed by atoms with van der Waals surface area (Å²) >= 11 is 0. The fourth-order valence-corrected chi connectivity index (χ4v) is 1.25. The van der Waals surface area contributed by atoms with E-state index in [1.54, 1.807) is 19.1 Å². The minimum absolute atomic E-state index is 0.291. The first kappa shape index (κ1) is 9.64. The van der Waals surface area contributed by atoms with E-state index >= 15 is 0 Å². The standard InChI is InChI=1S/C9H12N2O2/c1-7(10)6-8-2-4-9(5-3-8)11(12)13/h2-4,9-10H,5-6H2,1H3. The van der Waals surface area contributed by atoms with Crippen LogP contribution >= 0.6 is 0 Å². The Morgan fingerprint density at radius 1 is 1.85 bits per heavy atom. The summed E-state index contributed by atoms with van der Waals surface area (Å²) in [6.07, 6.45) is 6.23. The van der Waals surface area contributed by atoms with Crippen LogP contribution in [-0.4, -0.2) is 16.7 Å². The Kier molecular flexibility index (Phi) is 2.95. The van der Waals surface area contributed by atoms with Gasteiger partial charge in [-0.1, -0.05) is 12.2 Å². The van der Waals surface area contributed by atoms with Gasteiger partial charge in [0.1, 0.15) is 0 Å². The molecule has 1 aliphatic rings. The number of nitrogens with one attached hydrogen (secondary N) is 1. The normalized spacial score (nSPS) is 21.0. The van der Waals surface area contributed by atoms with Crippen LogP contribution in [0.15, 0.2) is 23.8 Å². The molecule has 0 aliphatic heterocycles. The lowest BCUT2D eigenvalue weighted by Crippen LogP contribution is -2.17. The molecule has 0 fully saturated rings. The zero-order valence-electron chi connectivity index (χ0n) is 7.49. The van der Waals surface area contributed by atoms with Crippen LogP contribution in [0, 0.1) is 15.5 Å². The van der Waals surface area contributed by atoms with Crippen molar-refractivity contribution in [1.29, 1.82) is 5.41 Å². The quantitative estimate of drug-likeness (QED) is 0.409. The van der Waals surface area contributed by atoms with Gasteiger partial charge in [-0.25, -0.2) is 0 Å². The van der Waals surface area contributed by atoms with Gasteiger partial charge in [-0.15, -0.1) is 0 Å². The highest BCUT2D eigenvalue weighted by molar-refractivity contribution is 5.81. The average molecular weight is 180 g/mol. The first-order valence-electron chi connectivity index (χ1n) is 4.14. The van der Waals surface area contributed by atoms with E-state index in [0.29, 0.717) is 18.6 Å². The molecule has 0 saturated carbocycles. The van der Waals surface area contributed by atoms with Gasteiger partial charge in [0.2, 0.25) is 6.04 Å². The third-order valence-corrected chi connectivity index (χ3v) is 1.89. The molecule has 0 saturated heterocycles. The van der Waals surface area contributed by atoms with Crippen LogP contribution in [0.1, 0.15) is 19.8 Å². The van der Waals surface area contributed by atoms with Gasteiger partial charge in [0.15, 0.2) is 0 Å². The zero-order chi connectivity index (χ0) is 9.84. The van der Waals surface area contributed by atoms with Gasteiger partial charge in [0, 0.05) is 23.5 Å². The van der Waals surface area contributed by atoms with E-state index in [4.69, 9.17) is 5.41 Å². The first-order chi connectivity index (χ1) is 6.09. The predicted octanol–water partition coefficient (Wildman–Crippen LogP) is 1.95. The van der Waals surface area contributed by atoms with Crippen molar-refractivity contribution in [3.63, 3.8) is 0 Å². The largest absolute Gasteiger partial charge is 0.310 e. The fraction of sp³-hybridized carbons (Fsp3) is 0.444. The van der Waals surface area contributed by atoms with Gasteiger partial charge in [-0.05, 0) is 18.6 Å². The molecule has 1 aliphatic carbocycles. The Morgan fingerprint density at radius 2 is 2.54 bits per heavy atom. The summed E-state index contributed by atoms with van der Waals surface area (Å²) in [6.45, 7) is 1.73. The highest BCUT2D eigenvalue weighted by atomic mass is 16.6. The SMILES string of the molecule is CC(=N)CC1=CCC([N+](=O)[O-])C=C1. The fourth-order valence-electron chi connectivity index (χ4n) is 1.25. The van der Waals surface area contributed by atoms with Crippen LogP contribution < -0.4 is 0 Å². The van der Waals surface area contributed by atoms with Crippen molar-refractivity contribution in [3.05, 3.63) is 33.9 Å². The molecule has 13 heavy (non-hydrogen) atoms. The molecule has 70 valence electrons. The Bertz CT molecular complexity index is 292. The third kappa shape index (κ3) is 2.82. The van der Waals surface area contributed by atoms with Gasteiger partial charge in [0.05, 0.1) is 0 Å². The number of hydrogen-bond acceptors (Lipinski definition) is 3. The minimum atomic E-state index is -0.574. The van der Waals surface area contributed by atoms with Gasteiger partial charge in [-0.2, -0.15) is 0 Å². The lowest BCUT2D eigenvalue weighted by Gasteiger charge is -2.09. The van der Waals surface area contributed by atoms with E-state index in [1.165, 1.54) is 0 Å². The van der Waals surface area contributed by atoms with Crippen molar-refractivity contribution < 1.29 is 4.92 Å².